The molecule has 26 heavy (non-hydrogen) atoms. The fourth-order valence-corrected chi connectivity index (χ4v) is 4.11. The van der Waals surface area contributed by atoms with Gasteiger partial charge in [-0.15, -0.1) is 11.3 Å². The first-order chi connectivity index (χ1) is 12.8. The number of hydrogen-bond donors (Lipinski definition) is 2. The molecule has 1 saturated heterocycles. The normalized spacial score (nSPS) is 17.2. The van der Waals surface area contributed by atoms with Crippen LogP contribution in [0.1, 0.15) is 38.2 Å². The molecule has 2 heterocycles. The lowest BCUT2D eigenvalue weighted by Gasteiger charge is -2.33. The zero-order chi connectivity index (χ0) is 18.2. The van der Waals surface area contributed by atoms with Gasteiger partial charge in [-0.05, 0) is 42.8 Å². The monoisotopic (exact) mass is 370 g/mol. The van der Waals surface area contributed by atoms with Crippen molar-refractivity contribution >= 4 is 22.3 Å². The van der Waals surface area contributed by atoms with Gasteiger partial charge in [0.05, 0.1) is 5.00 Å². The molecule has 0 amide bonds. The lowest BCUT2D eigenvalue weighted by Crippen LogP contribution is -2.48. The molecule has 3 rings (SSSR count). The van der Waals surface area contributed by atoms with E-state index in [9.17, 15) is 0 Å². The maximum atomic E-state index is 4.84. The highest BCUT2D eigenvalue weighted by atomic mass is 32.1. The number of aliphatic imine (C=N–C) groups is 1. The van der Waals surface area contributed by atoms with Gasteiger partial charge in [0.25, 0.3) is 0 Å². The number of guanidine groups is 1. The highest BCUT2D eigenvalue weighted by molar-refractivity contribution is 7.14. The molecule has 1 aliphatic rings. The molecule has 4 nitrogen and oxygen atoms in total. The summed E-state index contributed by atoms with van der Waals surface area (Å²) in [6, 6.07) is 15.5. The van der Waals surface area contributed by atoms with E-state index in [0.29, 0.717) is 12.0 Å². The molecule has 0 bridgehead atoms. The lowest BCUT2D eigenvalue weighted by molar-refractivity contribution is 0.462. The summed E-state index contributed by atoms with van der Waals surface area (Å²) in [5, 5.41) is 10.6. The Hall–Kier alpha value is -2.01. The number of nitrogens with one attached hydrogen (secondary N) is 2. The average molecular weight is 371 g/mol. The van der Waals surface area contributed by atoms with E-state index in [1.54, 1.807) is 0 Å². The van der Waals surface area contributed by atoms with Gasteiger partial charge in [-0.1, -0.05) is 37.3 Å². The second-order valence-electron chi connectivity index (χ2n) is 6.89. The molecule has 1 aromatic heterocycles. The maximum Gasteiger partial charge on any atom is 0.191 e. The summed E-state index contributed by atoms with van der Waals surface area (Å²) < 4.78 is 0. The average Bonchev–Trinajstić information content (AvgIpc) is 3.22. The summed E-state index contributed by atoms with van der Waals surface area (Å²) in [5.74, 6) is 1.37. The molecular weight excluding hydrogens is 340 g/mol. The van der Waals surface area contributed by atoms with Crippen molar-refractivity contribution in [2.75, 3.05) is 31.1 Å². The Morgan fingerprint density at radius 1 is 1.19 bits per heavy atom. The molecule has 1 aromatic carbocycles. The number of nitrogens with zero attached hydrogens (tertiary/aromatic N) is 2. The first-order valence-electron chi connectivity index (χ1n) is 9.64. The number of piperidine rings is 1. The van der Waals surface area contributed by atoms with E-state index in [0.717, 1.165) is 45.0 Å². The summed E-state index contributed by atoms with van der Waals surface area (Å²) in [6.45, 7) is 8.27. The molecule has 1 atom stereocenters. The van der Waals surface area contributed by atoms with Gasteiger partial charge in [0.2, 0.25) is 0 Å². The van der Waals surface area contributed by atoms with Gasteiger partial charge in [0.1, 0.15) is 0 Å². The minimum Gasteiger partial charge on any atom is -0.363 e. The van der Waals surface area contributed by atoms with Crippen LogP contribution >= 0.6 is 11.3 Å². The van der Waals surface area contributed by atoms with Crippen LogP contribution in [-0.2, 0) is 0 Å². The third-order valence-corrected chi connectivity index (χ3v) is 5.82. The van der Waals surface area contributed by atoms with Crippen molar-refractivity contribution in [1.29, 1.82) is 0 Å². The Labute approximate surface area is 161 Å². The van der Waals surface area contributed by atoms with Gasteiger partial charge in [-0.25, -0.2) is 0 Å². The van der Waals surface area contributed by atoms with E-state index in [4.69, 9.17) is 4.99 Å². The maximum absolute atomic E-state index is 4.84. The number of benzene rings is 1. The van der Waals surface area contributed by atoms with Crippen molar-refractivity contribution in [2.45, 2.75) is 38.6 Å². The molecule has 2 N–H and O–H groups in total. The molecule has 1 aliphatic heterocycles. The van der Waals surface area contributed by atoms with Crippen molar-refractivity contribution in [3.05, 3.63) is 53.4 Å². The summed E-state index contributed by atoms with van der Waals surface area (Å²) in [6.07, 6.45) is 2.30. The molecule has 0 aliphatic carbocycles. The molecule has 0 spiro atoms. The molecule has 0 saturated carbocycles. The van der Waals surface area contributed by atoms with Gasteiger partial charge in [0.15, 0.2) is 5.96 Å². The Morgan fingerprint density at radius 3 is 2.62 bits per heavy atom. The van der Waals surface area contributed by atoms with E-state index in [1.807, 2.05) is 11.3 Å². The Balaban J connectivity index is 1.52. The highest BCUT2D eigenvalue weighted by Crippen LogP contribution is 2.24. The SMILES string of the molecule is CCNC(=NCC(C)c1ccccc1)NC1CCN(c2cccs2)CC1. The predicted molar refractivity (Wildman–Crippen MR) is 114 cm³/mol. The van der Waals surface area contributed by atoms with Crippen LogP contribution in [-0.4, -0.2) is 38.2 Å². The molecule has 1 unspecified atom stereocenters. The molecule has 5 heteroatoms. The fraction of sp³-hybridized carbons (Fsp3) is 0.476. The second kappa shape index (κ2) is 9.62. The molecule has 0 radical (unpaired) electrons. The fourth-order valence-electron chi connectivity index (χ4n) is 3.32. The third kappa shape index (κ3) is 5.24. The van der Waals surface area contributed by atoms with E-state index >= 15 is 0 Å². The standard InChI is InChI=1S/C21H30N4S/c1-3-22-21(23-16-17(2)18-8-5-4-6-9-18)24-19-11-13-25(14-12-19)20-10-7-15-26-20/h4-10,15,17,19H,3,11-14,16H2,1-2H3,(H2,22,23,24). The van der Waals surface area contributed by atoms with Crippen molar-refractivity contribution in [1.82, 2.24) is 10.6 Å². The lowest BCUT2D eigenvalue weighted by atomic mass is 10.0. The van der Waals surface area contributed by atoms with Crippen LogP contribution in [0.15, 0.2) is 52.8 Å². The van der Waals surface area contributed by atoms with Gasteiger partial charge in [-0.3, -0.25) is 4.99 Å². The van der Waals surface area contributed by atoms with Gasteiger partial charge in [0, 0.05) is 38.1 Å². The van der Waals surface area contributed by atoms with Crippen molar-refractivity contribution < 1.29 is 0 Å². The quantitative estimate of drug-likeness (QED) is 0.595. The van der Waals surface area contributed by atoms with Crippen molar-refractivity contribution in [2.24, 2.45) is 4.99 Å². The van der Waals surface area contributed by atoms with Crippen molar-refractivity contribution in [3.63, 3.8) is 0 Å². The van der Waals surface area contributed by atoms with Crippen LogP contribution in [0.5, 0.6) is 0 Å². The summed E-state index contributed by atoms with van der Waals surface area (Å²) in [7, 11) is 0. The zero-order valence-corrected chi connectivity index (χ0v) is 16.6. The van der Waals surface area contributed by atoms with Crippen LogP contribution < -0.4 is 15.5 Å². The van der Waals surface area contributed by atoms with Crippen LogP contribution in [0.3, 0.4) is 0 Å². The smallest absolute Gasteiger partial charge is 0.191 e. The molecule has 1 fully saturated rings. The highest BCUT2D eigenvalue weighted by Gasteiger charge is 2.20. The van der Waals surface area contributed by atoms with Crippen LogP contribution in [0.4, 0.5) is 5.00 Å². The largest absolute Gasteiger partial charge is 0.363 e. The molecular formula is C21H30N4S. The Bertz CT molecular complexity index is 661. The van der Waals surface area contributed by atoms with Gasteiger partial charge < -0.3 is 15.5 Å². The topological polar surface area (TPSA) is 39.7 Å². The first-order valence-corrected chi connectivity index (χ1v) is 10.5. The van der Waals surface area contributed by atoms with E-state index in [2.05, 4.69) is 77.2 Å². The van der Waals surface area contributed by atoms with Crippen LogP contribution in [0, 0.1) is 0 Å². The molecule has 140 valence electrons. The third-order valence-electron chi connectivity index (χ3n) is 4.89. The Kier molecular flexibility index (Phi) is 6.95. The van der Waals surface area contributed by atoms with E-state index in [1.165, 1.54) is 10.6 Å². The van der Waals surface area contributed by atoms with Crippen molar-refractivity contribution in [3.8, 4) is 0 Å². The predicted octanol–water partition coefficient (Wildman–Crippen LogP) is 4.08. The second-order valence-corrected chi connectivity index (χ2v) is 7.81. The van der Waals surface area contributed by atoms with Crippen LogP contribution in [0.2, 0.25) is 0 Å². The number of anilines is 1. The van der Waals surface area contributed by atoms with E-state index in [-0.39, 0.29) is 0 Å². The summed E-state index contributed by atoms with van der Waals surface area (Å²) >= 11 is 1.83. The first kappa shape index (κ1) is 18.8. The van der Waals surface area contributed by atoms with E-state index < -0.39 is 0 Å². The van der Waals surface area contributed by atoms with Gasteiger partial charge >= 0.3 is 0 Å². The van der Waals surface area contributed by atoms with Gasteiger partial charge in [-0.2, -0.15) is 0 Å². The van der Waals surface area contributed by atoms with Crippen LogP contribution in [0.25, 0.3) is 0 Å². The number of hydrogen-bond acceptors (Lipinski definition) is 3. The number of thiophene rings is 1. The number of rotatable bonds is 6. The minimum atomic E-state index is 0.423. The minimum absolute atomic E-state index is 0.423. The Morgan fingerprint density at radius 2 is 1.96 bits per heavy atom. The summed E-state index contributed by atoms with van der Waals surface area (Å²) in [4.78, 5) is 7.33. The zero-order valence-electron chi connectivity index (χ0n) is 15.8. The summed E-state index contributed by atoms with van der Waals surface area (Å²) in [5.41, 5.74) is 1.34. The molecule has 2 aromatic rings.